The molecule has 0 spiro atoms. The van der Waals surface area contributed by atoms with E-state index in [1.807, 2.05) is 54.6 Å². The van der Waals surface area contributed by atoms with Crippen molar-refractivity contribution in [2.45, 2.75) is 31.5 Å². The van der Waals surface area contributed by atoms with E-state index in [9.17, 15) is 19.5 Å². The number of aromatic nitrogens is 1. The normalized spacial score (nSPS) is 16.9. The Morgan fingerprint density at radius 3 is 1.76 bits per heavy atom. The molecule has 42 heavy (non-hydrogen) atoms. The first-order chi connectivity index (χ1) is 20.2. The number of aliphatic carboxylic acids is 1. The van der Waals surface area contributed by atoms with Gasteiger partial charge in [-0.25, -0.2) is 9.78 Å². The Bertz CT molecular complexity index is 1450. The molecule has 0 radical (unpaired) electrons. The minimum atomic E-state index is -1.07. The third-order valence-electron chi connectivity index (χ3n) is 7.79. The van der Waals surface area contributed by atoms with Crippen molar-refractivity contribution >= 4 is 23.5 Å². The average Bonchev–Trinajstić information content (AvgIpc) is 3.80. The van der Waals surface area contributed by atoms with Crippen molar-refractivity contribution in [1.29, 1.82) is 0 Å². The number of carboxylic acid groups (broad SMARTS) is 1. The summed E-state index contributed by atoms with van der Waals surface area (Å²) in [6.07, 6.45) is 1.43. The quantitative estimate of drug-likeness (QED) is 0.211. The van der Waals surface area contributed by atoms with Crippen LogP contribution in [0.15, 0.2) is 109 Å². The fraction of sp³-hybridized carbons (Fsp3) is 0.235. The van der Waals surface area contributed by atoms with Crippen LogP contribution in [0, 0.1) is 5.92 Å². The molecule has 8 nitrogen and oxygen atoms in total. The van der Waals surface area contributed by atoms with Gasteiger partial charge in [-0.3, -0.25) is 14.5 Å². The van der Waals surface area contributed by atoms with E-state index < -0.39 is 29.5 Å². The number of amides is 2. The van der Waals surface area contributed by atoms with E-state index in [0.29, 0.717) is 12.2 Å². The number of hydrogen-bond donors (Lipinski definition) is 2. The molecule has 1 aliphatic rings. The van der Waals surface area contributed by atoms with Crippen LogP contribution in [0.25, 0.3) is 0 Å². The molecule has 1 aliphatic heterocycles. The number of pyridine rings is 1. The maximum atomic E-state index is 13.6. The number of carbonyl (C=O) groups is 3. The largest absolute Gasteiger partial charge is 0.480 e. The van der Waals surface area contributed by atoms with Crippen molar-refractivity contribution in [3.8, 4) is 0 Å². The fourth-order valence-electron chi connectivity index (χ4n) is 5.79. The lowest BCUT2D eigenvalue weighted by molar-refractivity contribution is -0.143. The monoisotopic (exact) mass is 562 g/mol. The van der Waals surface area contributed by atoms with Gasteiger partial charge in [-0.2, -0.15) is 0 Å². The first-order valence-electron chi connectivity index (χ1n) is 13.9. The summed E-state index contributed by atoms with van der Waals surface area (Å²) in [5.41, 5.74) is 3.07. The SMILES string of the molecule is CC(C)[C@@H](C(=O)O)N(C)C(=O)c1ccc(NC(=O)C2CN2C(c2ccccc2)(c2ccccc2)c2ccccc2)cn1. The summed E-state index contributed by atoms with van der Waals surface area (Å²) in [5, 5.41) is 12.5. The van der Waals surface area contributed by atoms with Gasteiger partial charge in [0.05, 0.1) is 17.4 Å². The van der Waals surface area contributed by atoms with Gasteiger partial charge in [-0.1, -0.05) is 105 Å². The van der Waals surface area contributed by atoms with Crippen molar-refractivity contribution in [2.75, 3.05) is 18.9 Å². The molecular formula is C34H34N4O4. The highest BCUT2D eigenvalue weighted by Gasteiger charge is 2.55. The van der Waals surface area contributed by atoms with Crippen molar-refractivity contribution in [2.24, 2.45) is 5.92 Å². The van der Waals surface area contributed by atoms with Crippen LogP contribution in [0.2, 0.25) is 0 Å². The predicted molar refractivity (Wildman–Crippen MR) is 161 cm³/mol. The van der Waals surface area contributed by atoms with Gasteiger partial charge in [0.1, 0.15) is 17.8 Å². The van der Waals surface area contributed by atoms with Crippen LogP contribution in [0.1, 0.15) is 41.0 Å². The standard InChI is InChI=1S/C34H34N4O4/c1-23(2)30(33(41)42)37(3)32(40)28-20-19-27(21-35-28)36-31(39)29-22-38(29)34(24-13-7-4-8-14-24,25-15-9-5-10-16-25)26-17-11-6-12-18-26/h4-21,23,29-30H,22H2,1-3H3,(H,36,39)(H,41,42)/t29?,30-,38?/m0/s1. The second kappa shape index (κ2) is 12.0. The first kappa shape index (κ1) is 28.7. The molecule has 0 saturated carbocycles. The van der Waals surface area contributed by atoms with Crippen molar-refractivity contribution in [3.05, 3.63) is 132 Å². The summed E-state index contributed by atoms with van der Waals surface area (Å²) < 4.78 is 0. The first-order valence-corrected chi connectivity index (χ1v) is 13.9. The summed E-state index contributed by atoms with van der Waals surface area (Å²) in [4.78, 5) is 45.8. The number of benzene rings is 3. The number of rotatable bonds is 10. The number of nitrogens with one attached hydrogen (secondary N) is 1. The second-order valence-electron chi connectivity index (χ2n) is 10.8. The molecule has 0 bridgehead atoms. The van der Waals surface area contributed by atoms with E-state index in [4.69, 9.17) is 0 Å². The Labute approximate surface area is 245 Å². The molecular weight excluding hydrogens is 528 g/mol. The maximum Gasteiger partial charge on any atom is 0.326 e. The zero-order valence-corrected chi connectivity index (χ0v) is 23.8. The Morgan fingerprint density at radius 2 is 1.36 bits per heavy atom. The van der Waals surface area contributed by atoms with Crippen LogP contribution in [-0.2, 0) is 15.1 Å². The lowest BCUT2D eigenvalue weighted by atomic mass is 9.76. The summed E-state index contributed by atoms with van der Waals surface area (Å²) in [7, 11) is 1.46. The predicted octanol–water partition coefficient (Wildman–Crippen LogP) is 4.88. The summed E-state index contributed by atoms with van der Waals surface area (Å²) in [5.74, 6) is -2.02. The molecule has 214 valence electrons. The van der Waals surface area contributed by atoms with Gasteiger partial charge in [-0.05, 0) is 34.7 Å². The topological polar surface area (TPSA) is 103 Å². The van der Waals surface area contributed by atoms with Crippen molar-refractivity contribution in [3.63, 3.8) is 0 Å². The van der Waals surface area contributed by atoms with Crippen LogP contribution >= 0.6 is 0 Å². The van der Waals surface area contributed by atoms with E-state index in [2.05, 4.69) is 51.6 Å². The minimum absolute atomic E-state index is 0.103. The van der Waals surface area contributed by atoms with E-state index >= 15 is 0 Å². The lowest BCUT2D eigenvalue weighted by Crippen LogP contribution is -2.45. The van der Waals surface area contributed by atoms with E-state index in [1.165, 1.54) is 24.2 Å². The zero-order chi connectivity index (χ0) is 29.9. The molecule has 2 amide bonds. The van der Waals surface area contributed by atoms with Crippen molar-refractivity contribution < 1.29 is 19.5 Å². The number of hydrogen-bond acceptors (Lipinski definition) is 5. The fourth-order valence-corrected chi connectivity index (χ4v) is 5.79. The molecule has 1 fully saturated rings. The molecule has 1 aromatic heterocycles. The number of likely N-dealkylation sites (N-methyl/N-ethyl adjacent to an activating group) is 1. The van der Waals surface area contributed by atoms with Crippen LogP contribution in [0.3, 0.4) is 0 Å². The van der Waals surface area contributed by atoms with Gasteiger partial charge in [0.15, 0.2) is 0 Å². The average molecular weight is 563 g/mol. The third-order valence-corrected chi connectivity index (χ3v) is 7.79. The summed E-state index contributed by atoms with van der Waals surface area (Å²) in [6.45, 7) is 4.04. The van der Waals surface area contributed by atoms with Gasteiger partial charge in [0.2, 0.25) is 5.91 Å². The Hall–Kier alpha value is -4.82. The van der Waals surface area contributed by atoms with Crippen LogP contribution in [0.5, 0.6) is 0 Å². The highest BCUT2D eigenvalue weighted by Crippen LogP contribution is 2.48. The highest BCUT2D eigenvalue weighted by molar-refractivity contribution is 5.98. The third kappa shape index (κ3) is 5.41. The molecule has 4 aromatic rings. The zero-order valence-electron chi connectivity index (χ0n) is 23.8. The Morgan fingerprint density at radius 1 is 0.857 bits per heavy atom. The second-order valence-corrected chi connectivity index (χ2v) is 10.8. The Balaban J connectivity index is 1.39. The number of anilines is 1. The molecule has 8 heteroatoms. The molecule has 2 N–H and O–H groups in total. The minimum Gasteiger partial charge on any atom is -0.480 e. The smallest absolute Gasteiger partial charge is 0.326 e. The van der Waals surface area contributed by atoms with Gasteiger partial charge >= 0.3 is 5.97 Å². The molecule has 2 heterocycles. The lowest BCUT2D eigenvalue weighted by Gasteiger charge is -2.38. The van der Waals surface area contributed by atoms with E-state index in [-0.39, 0.29) is 17.5 Å². The number of carboxylic acids is 1. The van der Waals surface area contributed by atoms with E-state index in [0.717, 1.165) is 16.7 Å². The molecule has 3 aromatic carbocycles. The molecule has 2 unspecified atom stereocenters. The Kier molecular flexibility index (Phi) is 8.17. The molecule has 0 aliphatic carbocycles. The van der Waals surface area contributed by atoms with Crippen LogP contribution in [0.4, 0.5) is 5.69 Å². The van der Waals surface area contributed by atoms with Crippen molar-refractivity contribution in [1.82, 2.24) is 14.8 Å². The molecule has 1 saturated heterocycles. The van der Waals surface area contributed by atoms with Gasteiger partial charge < -0.3 is 15.3 Å². The molecule has 5 rings (SSSR count). The number of nitrogens with zero attached hydrogens (tertiary/aromatic N) is 3. The van der Waals surface area contributed by atoms with Gasteiger partial charge in [0, 0.05) is 13.6 Å². The summed E-state index contributed by atoms with van der Waals surface area (Å²) >= 11 is 0. The van der Waals surface area contributed by atoms with Crippen LogP contribution < -0.4 is 5.32 Å². The van der Waals surface area contributed by atoms with Gasteiger partial charge in [-0.15, -0.1) is 0 Å². The van der Waals surface area contributed by atoms with Crippen LogP contribution in [-0.4, -0.2) is 63.4 Å². The highest BCUT2D eigenvalue weighted by atomic mass is 16.4. The maximum absolute atomic E-state index is 13.6. The van der Waals surface area contributed by atoms with Gasteiger partial charge in [0.25, 0.3) is 5.91 Å². The molecule has 3 atom stereocenters. The van der Waals surface area contributed by atoms with E-state index in [1.54, 1.807) is 19.9 Å². The number of carbonyl (C=O) groups excluding carboxylic acids is 2. The summed E-state index contributed by atoms with van der Waals surface area (Å²) in [6, 6.07) is 32.4.